The normalized spacial score (nSPS) is 30.6. The molecule has 0 radical (unpaired) electrons. The SMILES string of the molecule is CCNCCC(C)N1CC(C)N(C)C(C)C1. The Morgan fingerprint density at radius 2 is 1.81 bits per heavy atom. The summed E-state index contributed by atoms with van der Waals surface area (Å²) in [5, 5.41) is 3.41. The van der Waals surface area contributed by atoms with Crippen LogP contribution < -0.4 is 5.32 Å². The number of rotatable bonds is 5. The smallest absolute Gasteiger partial charge is 0.0195 e. The lowest BCUT2D eigenvalue weighted by Crippen LogP contribution is -2.57. The molecule has 16 heavy (non-hydrogen) atoms. The van der Waals surface area contributed by atoms with Crippen molar-refractivity contribution in [1.29, 1.82) is 0 Å². The Morgan fingerprint density at radius 1 is 1.25 bits per heavy atom. The van der Waals surface area contributed by atoms with Crippen molar-refractivity contribution in [3.8, 4) is 0 Å². The predicted octanol–water partition coefficient (Wildman–Crippen LogP) is 1.40. The van der Waals surface area contributed by atoms with Crippen molar-refractivity contribution < 1.29 is 0 Å². The van der Waals surface area contributed by atoms with Crippen LogP contribution >= 0.6 is 0 Å². The van der Waals surface area contributed by atoms with Gasteiger partial charge in [-0.1, -0.05) is 6.92 Å². The Morgan fingerprint density at radius 3 is 2.31 bits per heavy atom. The number of piperazine rings is 1. The molecule has 1 aliphatic rings. The van der Waals surface area contributed by atoms with E-state index in [0.29, 0.717) is 18.1 Å². The molecule has 1 saturated heterocycles. The summed E-state index contributed by atoms with van der Waals surface area (Å²) in [5.74, 6) is 0. The molecule has 1 fully saturated rings. The first-order valence-electron chi connectivity index (χ1n) is 6.73. The second kappa shape index (κ2) is 6.58. The van der Waals surface area contributed by atoms with Crippen molar-refractivity contribution in [2.24, 2.45) is 0 Å². The van der Waals surface area contributed by atoms with Gasteiger partial charge in [0.15, 0.2) is 0 Å². The van der Waals surface area contributed by atoms with Gasteiger partial charge in [0.2, 0.25) is 0 Å². The van der Waals surface area contributed by atoms with Gasteiger partial charge < -0.3 is 5.32 Å². The summed E-state index contributed by atoms with van der Waals surface area (Å²) < 4.78 is 0. The Hall–Kier alpha value is -0.120. The van der Waals surface area contributed by atoms with Crippen molar-refractivity contribution in [3.05, 3.63) is 0 Å². The number of nitrogens with one attached hydrogen (secondary N) is 1. The van der Waals surface area contributed by atoms with E-state index in [-0.39, 0.29) is 0 Å². The third-order valence-electron chi connectivity index (χ3n) is 4.00. The maximum Gasteiger partial charge on any atom is 0.0195 e. The van der Waals surface area contributed by atoms with Crippen molar-refractivity contribution >= 4 is 0 Å². The van der Waals surface area contributed by atoms with Crippen LogP contribution in [0.15, 0.2) is 0 Å². The molecular weight excluding hydrogens is 198 g/mol. The van der Waals surface area contributed by atoms with Crippen molar-refractivity contribution in [1.82, 2.24) is 15.1 Å². The number of hydrogen-bond acceptors (Lipinski definition) is 3. The van der Waals surface area contributed by atoms with Crippen LogP contribution in [0.4, 0.5) is 0 Å². The number of hydrogen-bond donors (Lipinski definition) is 1. The van der Waals surface area contributed by atoms with Gasteiger partial charge in [-0.15, -0.1) is 0 Å². The average Bonchev–Trinajstić information content (AvgIpc) is 2.25. The standard InChI is InChI=1S/C13H29N3/c1-6-14-8-7-11(2)16-9-12(3)15(5)13(4)10-16/h11-14H,6-10H2,1-5H3. The molecule has 3 heteroatoms. The quantitative estimate of drug-likeness (QED) is 0.716. The second-order valence-electron chi connectivity index (χ2n) is 5.31. The van der Waals surface area contributed by atoms with Gasteiger partial charge in [-0.05, 0) is 47.3 Å². The fourth-order valence-corrected chi connectivity index (χ4v) is 2.48. The summed E-state index contributed by atoms with van der Waals surface area (Å²) in [6.45, 7) is 13.9. The lowest BCUT2D eigenvalue weighted by Gasteiger charge is -2.45. The van der Waals surface area contributed by atoms with Gasteiger partial charge in [-0.3, -0.25) is 9.80 Å². The maximum atomic E-state index is 3.41. The van der Waals surface area contributed by atoms with Gasteiger partial charge in [-0.2, -0.15) is 0 Å². The molecule has 0 amide bonds. The minimum atomic E-state index is 0.685. The van der Waals surface area contributed by atoms with E-state index < -0.39 is 0 Å². The zero-order chi connectivity index (χ0) is 12.1. The summed E-state index contributed by atoms with van der Waals surface area (Å²) in [6, 6.07) is 2.08. The average molecular weight is 227 g/mol. The highest BCUT2D eigenvalue weighted by molar-refractivity contribution is 4.85. The van der Waals surface area contributed by atoms with Crippen LogP contribution in [0.25, 0.3) is 0 Å². The van der Waals surface area contributed by atoms with Gasteiger partial charge in [0.05, 0.1) is 0 Å². The highest BCUT2D eigenvalue weighted by Crippen LogP contribution is 2.16. The molecule has 3 atom stereocenters. The van der Waals surface area contributed by atoms with E-state index in [1.807, 2.05) is 0 Å². The Balaban J connectivity index is 2.36. The third kappa shape index (κ3) is 3.72. The third-order valence-corrected chi connectivity index (χ3v) is 4.00. The van der Waals surface area contributed by atoms with Crippen LogP contribution in [0.2, 0.25) is 0 Å². The molecule has 0 bridgehead atoms. The minimum absolute atomic E-state index is 0.685. The summed E-state index contributed by atoms with van der Waals surface area (Å²) >= 11 is 0. The monoisotopic (exact) mass is 227 g/mol. The Bertz CT molecular complexity index is 184. The van der Waals surface area contributed by atoms with E-state index in [0.717, 1.165) is 13.1 Å². The van der Waals surface area contributed by atoms with E-state index in [1.165, 1.54) is 19.5 Å². The predicted molar refractivity (Wildman–Crippen MR) is 70.9 cm³/mol. The molecule has 3 nitrogen and oxygen atoms in total. The van der Waals surface area contributed by atoms with Crippen molar-refractivity contribution in [3.63, 3.8) is 0 Å². The highest BCUT2D eigenvalue weighted by atomic mass is 15.3. The molecule has 0 aromatic rings. The molecule has 1 heterocycles. The molecule has 3 unspecified atom stereocenters. The number of likely N-dealkylation sites (N-methyl/N-ethyl adjacent to an activating group) is 1. The van der Waals surface area contributed by atoms with Crippen LogP contribution in [-0.2, 0) is 0 Å². The van der Waals surface area contributed by atoms with Gasteiger partial charge >= 0.3 is 0 Å². The minimum Gasteiger partial charge on any atom is -0.317 e. The van der Waals surface area contributed by atoms with E-state index in [2.05, 4.69) is 49.9 Å². The van der Waals surface area contributed by atoms with Crippen LogP contribution in [0.5, 0.6) is 0 Å². The fourth-order valence-electron chi connectivity index (χ4n) is 2.48. The molecule has 0 spiro atoms. The van der Waals surface area contributed by atoms with E-state index in [9.17, 15) is 0 Å². The summed E-state index contributed by atoms with van der Waals surface area (Å²) in [4.78, 5) is 5.14. The van der Waals surface area contributed by atoms with Crippen LogP contribution in [-0.4, -0.2) is 61.2 Å². The Labute approximate surface area is 101 Å². The first-order chi connectivity index (χ1) is 7.56. The lowest BCUT2D eigenvalue weighted by molar-refractivity contribution is 0.0361. The molecule has 1 N–H and O–H groups in total. The van der Waals surface area contributed by atoms with Gasteiger partial charge in [0.1, 0.15) is 0 Å². The zero-order valence-electron chi connectivity index (χ0n) is 11.7. The fraction of sp³-hybridized carbons (Fsp3) is 1.00. The molecule has 0 aliphatic carbocycles. The summed E-state index contributed by atoms with van der Waals surface area (Å²) in [6.07, 6.45) is 1.26. The van der Waals surface area contributed by atoms with Crippen molar-refractivity contribution in [2.45, 2.75) is 52.2 Å². The molecule has 0 saturated carbocycles. The molecule has 1 rings (SSSR count). The molecule has 0 aromatic heterocycles. The van der Waals surface area contributed by atoms with Crippen LogP contribution in [0.3, 0.4) is 0 Å². The number of nitrogens with zero attached hydrogens (tertiary/aromatic N) is 2. The van der Waals surface area contributed by atoms with E-state index in [4.69, 9.17) is 0 Å². The highest BCUT2D eigenvalue weighted by Gasteiger charge is 2.28. The van der Waals surface area contributed by atoms with E-state index >= 15 is 0 Å². The molecule has 0 aromatic carbocycles. The molecule has 96 valence electrons. The van der Waals surface area contributed by atoms with Crippen molar-refractivity contribution in [2.75, 3.05) is 33.2 Å². The summed E-state index contributed by atoms with van der Waals surface area (Å²) in [5.41, 5.74) is 0. The first-order valence-corrected chi connectivity index (χ1v) is 6.73. The van der Waals surface area contributed by atoms with Gasteiger partial charge in [0.25, 0.3) is 0 Å². The van der Waals surface area contributed by atoms with Gasteiger partial charge in [-0.25, -0.2) is 0 Å². The lowest BCUT2D eigenvalue weighted by atomic mass is 10.1. The maximum absolute atomic E-state index is 3.41. The topological polar surface area (TPSA) is 18.5 Å². The van der Waals surface area contributed by atoms with Gasteiger partial charge in [0, 0.05) is 31.2 Å². The molecular formula is C13H29N3. The van der Waals surface area contributed by atoms with E-state index in [1.54, 1.807) is 0 Å². The zero-order valence-corrected chi connectivity index (χ0v) is 11.7. The van der Waals surface area contributed by atoms with Crippen LogP contribution in [0.1, 0.15) is 34.1 Å². The second-order valence-corrected chi connectivity index (χ2v) is 5.31. The Kier molecular flexibility index (Phi) is 5.73. The molecule has 1 aliphatic heterocycles. The largest absolute Gasteiger partial charge is 0.317 e. The summed E-state index contributed by atoms with van der Waals surface area (Å²) in [7, 11) is 2.25. The first kappa shape index (κ1) is 13.9. The van der Waals surface area contributed by atoms with Crippen LogP contribution in [0, 0.1) is 0 Å².